The van der Waals surface area contributed by atoms with Gasteiger partial charge >= 0.3 is 5.97 Å². The summed E-state index contributed by atoms with van der Waals surface area (Å²) in [4.78, 5) is 11.5. The van der Waals surface area contributed by atoms with Gasteiger partial charge in [0.15, 0.2) is 0 Å². The highest BCUT2D eigenvalue weighted by molar-refractivity contribution is 5.76. The summed E-state index contributed by atoms with van der Waals surface area (Å²) in [5.41, 5.74) is 0.938. The Morgan fingerprint density at radius 1 is 1.50 bits per heavy atom. The van der Waals surface area contributed by atoms with Crippen LogP contribution in [0.2, 0.25) is 0 Å². The maximum absolute atomic E-state index is 11.5. The van der Waals surface area contributed by atoms with E-state index in [0.29, 0.717) is 0 Å². The van der Waals surface area contributed by atoms with Gasteiger partial charge in [0.2, 0.25) is 0 Å². The first-order valence-corrected chi connectivity index (χ1v) is 5.12. The molecule has 1 aromatic rings. The van der Waals surface area contributed by atoms with E-state index in [4.69, 9.17) is 4.74 Å². The Morgan fingerprint density at radius 3 is 2.88 bits per heavy atom. The van der Waals surface area contributed by atoms with Crippen LogP contribution in [-0.4, -0.2) is 30.3 Å². The topological polar surface area (TPSA) is 64.6 Å². The molecule has 1 fully saturated rings. The average molecular weight is 221 g/mol. The van der Waals surface area contributed by atoms with Crippen molar-refractivity contribution in [2.75, 3.05) is 13.2 Å². The molecule has 1 aromatic carbocycles. The first kappa shape index (κ1) is 11.1. The van der Waals surface area contributed by atoms with Crippen LogP contribution < -0.4 is 5.32 Å². The van der Waals surface area contributed by atoms with Crippen LogP contribution >= 0.6 is 0 Å². The molecule has 0 aromatic heterocycles. The quantitative estimate of drug-likeness (QED) is 0.751. The molecule has 2 rings (SSSR count). The highest BCUT2D eigenvalue weighted by Gasteiger charge is 2.24. The Balaban J connectivity index is 1.80. The molecule has 16 heavy (non-hydrogen) atoms. The normalized spacial score (nSPS) is 20.9. The fourth-order valence-electron chi connectivity index (χ4n) is 1.53. The van der Waals surface area contributed by atoms with Crippen molar-refractivity contribution >= 4 is 5.97 Å². The Kier molecular flexibility index (Phi) is 3.51. The van der Waals surface area contributed by atoms with Crippen LogP contribution in [0.25, 0.3) is 0 Å². The second kappa shape index (κ2) is 5.07. The largest absolute Gasteiger partial charge is 0.784 e. The van der Waals surface area contributed by atoms with Crippen molar-refractivity contribution < 1.29 is 9.53 Å². The zero-order valence-corrected chi connectivity index (χ0v) is 8.76. The lowest BCUT2D eigenvalue weighted by molar-refractivity contribution is -0.146. The van der Waals surface area contributed by atoms with Crippen LogP contribution in [0.1, 0.15) is 5.56 Å². The first-order chi connectivity index (χ1) is 7.75. The molecule has 0 saturated carbocycles. The zero-order chi connectivity index (χ0) is 11.4. The molecule has 5 nitrogen and oxygen atoms in total. The summed E-state index contributed by atoms with van der Waals surface area (Å²) < 4.78 is 5.09. The second-order valence-corrected chi connectivity index (χ2v) is 3.67. The molecule has 0 spiro atoms. The van der Waals surface area contributed by atoms with Crippen molar-refractivity contribution in [3.8, 4) is 0 Å². The monoisotopic (exact) mass is 221 g/mol. The van der Waals surface area contributed by atoms with Crippen molar-refractivity contribution in [1.29, 1.82) is 0 Å². The highest BCUT2D eigenvalue weighted by atomic mass is 16.5. The summed E-state index contributed by atoms with van der Waals surface area (Å²) in [5.74, 6) is -0.373. The number of nitrogens with zero attached hydrogens (tertiary/aromatic N) is 1. The van der Waals surface area contributed by atoms with E-state index in [-0.39, 0.29) is 25.8 Å². The number of esters is 1. The Hall–Kier alpha value is -1.43. The number of hydrogen-bond donors (Lipinski definition) is 1. The molecule has 5 heteroatoms. The van der Waals surface area contributed by atoms with Crippen LogP contribution in [0, 0.1) is 5.21 Å². The van der Waals surface area contributed by atoms with Crippen molar-refractivity contribution in [1.82, 2.24) is 10.4 Å². The van der Waals surface area contributed by atoms with Crippen molar-refractivity contribution in [3.05, 3.63) is 41.1 Å². The van der Waals surface area contributed by atoms with Gasteiger partial charge in [-0.05, 0) is 5.56 Å². The number of ether oxygens (including phenoxy) is 1. The van der Waals surface area contributed by atoms with Crippen molar-refractivity contribution in [2.45, 2.75) is 12.6 Å². The molecule has 1 unspecified atom stereocenters. The number of hydroxylamine groups is 2. The second-order valence-electron chi connectivity index (χ2n) is 3.67. The third-order valence-corrected chi connectivity index (χ3v) is 2.41. The molecule has 1 heterocycles. The van der Waals surface area contributed by atoms with E-state index in [1.165, 1.54) is 0 Å². The van der Waals surface area contributed by atoms with Crippen LogP contribution in [0.4, 0.5) is 0 Å². The molecule has 0 radical (unpaired) electrons. The highest BCUT2D eigenvalue weighted by Crippen LogP contribution is 2.05. The molecule has 86 valence electrons. The predicted octanol–water partition coefficient (Wildman–Crippen LogP) is 0.459. The number of carbonyl (C=O) groups is 1. The molecular formula is C11H13N2O3-. The Labute approximate surface area is 93.6 Å². The third-order valence-electron chi connectivity index (χ3n) is 2.41. The third kappa shape index (κ3) is 2.79. The average Bonchev–Trinajstić information content (AvgIpc) is 2.74. The minimum Gasteiger partial charge on any atom is -0.784 e. The number of benzene rings is 1. The fraction of sp³-hybridized carbons (Fsp3) is 0.364. The van der Waals surface area contributed by atoms with Gasteiger partial charge in [0, 0.05) is 13.2 Å². The van der Waals surface area contributed by atoms with Crippen molar-refractivity contribution in [2.24, 2.45) is 0 Å². The van der Waals surface area contributed by atoms with Gasteiger partial charge in [-0.1, -0.05) is 30.3 Å². The summed E-state index contributed by atoms with van der Waals surface area (Å²) in [6.45, 7) is 0.593. The van der Waals surface area contributed by atoms with Crippen LogP contribution in [0.3, 0.4) is 0 Å². The van der Waals surface area contributed by atoms with E-state index in [0.717, 1.165) is 10.6 Å². The Bertz CT molecular complexity index is 356. The minimum atomic E-state index is -0.499. The van der Waals surface area contributed by atoms with Crippen molar-refractivity contribution in [3.63, 3.8) is 0 Å². The lowest BCUT2D eigenvalue weighted by atomic mass is 10.2. The van der Waals surface area contributed by atoms with Gasteiger partial charge in [-0.3, -0.25) is 10.1 Å². The number of carbonyl (C=O) groups excluding carboxylic acids is 1. The standard InChI is InChI=1S/C11H13N2O3/c14-11(10-6-13(15)8-12-10)16-7-9-4-2-1-3-5-9/h1-5,10,12H,6-8H2/q-1. The maximum atomic E-state index is 11.5. The predicted molar refractivity (Wildman–Crippen MR) is 58.1 cm³/mol. The SMILES string of the molecule is O=C(OCc1ccccc1)C1CN([O-])CN1. The lowest BCUT2D eigenvalue weighted by Gasteiger charge is -2.18. The fourth-order valence-corrected chi connectivity index (χ4v) is 1.53. The molecule has 0 bridgehead atoms. The number of rotatable bonds is 3. The summed E-state index contributed by atoms with van der Waals surface area (Å²) in [6.07, 6.45) is 0. The van der Waals surface area contributed by atoms with Crippen LogP contribution in [0.15, 0.2) is 30.3 Å². The van der Waals surface area contributed by atoms with E-state index in [1.807, 2.05) is 30.3 Å². The molecule has 1 aliphatic heterocycles. The summed E-state index contributed by atoms with van der Waals surface area (Å²) in [5, 5.41) is 14.5. The van der Waals surface area contributed by atoms with Gasteiger partial charge in [0.05, 0.1) is 0 Å². The van der Waals surface area contributed by atoms with E-state index < -0.39 is 6.04 Å². The minimum absolute atomic E-state index is 0.160. The number of hydrogen-bond acceptors (Lipinski definition) is 5. The summed E-state index contributed by atoms with van der Waals surface area (Å²) in [7, 11) is 0. The van der Waals surface area contributed by atoms with E-state index in [2.05, 4.69) is 5.32 Å². The zero-order valence-electron chi connectivity index (χ0n) is 8.76. The van der Waals surface area contributed by atoms with Gasteiger partial charge in [-0.15, -0.1) is 0 Å². The summed E-state index contributed by atoms with van der Waals surface area (Å²) in [6, 6.07) is 8.94. The van der Waals surface area contributed by atoms with Gasteiger partial charge in [-0.2, -0.15) is 0 Å². The molecule has 1 atom stereocenters. The van der Waals surface area contributed by atoms with E-state index >= 15 is 0 Å². The van der Waals surface area contributed by atoms with Gasteiger partial charge in [0.1, 0.15) is 12.6 Å². The molecule has 0 amide bonds. The summed E-state index contributed by atoms with van der Waals surface area (Å²) >= 11 is 0. The van der Waals surface area contributed by atoms with Crippen LogP contribution in [0.5, 0.6) is 0 Å². The molecular weight excluding hydrogens is 208 g/mol. The molecule has 1 aliphatic rings. The van der Waals surface area contributed by atoms with Crippen LogP contribution in [-0.2, 0) is 16.1 Å². The molecule has 1 N–H and O–H groups in total. The smallest absolute Gasteiger partial charge is 0.324 e. The van der Waals surface area contributed by atoms with Gasteiger partial charge in [0.25, 0.3) is 0 Å². The first-order valence-electron chi connectivity index (χ1n) is 5.12. The number of nitrogens with one attached hydrogen (secondary N) is 1. The van der Waals surface area contributed by atoms with Gasteiger partial charge < -0.3 is 15.0 Å². The van der Waals surface area contributed by atoms with Gasteiger partial charge in [-0.25, -0.2) is 0 Å². The maximum Gasteiger partial charge on any atom is 0.324 e. The Morgan fingerprint density at radius 2 is 2.25 bits per heavy atom. The lowest BCUT2D eigenvalue weighted by Crippen LogP contribution is -2.34. The molecule has 1 saturated heterocycles. The molecule has 0 aliphatic carbocycles. The van der Waals surface area contributed by atoms with E-state index in [1.54, 1.807) is 0 Å². The van der Waals surface area contributed by atoms with E-state index in [9.17, 15) is 10.0 Å².